The molecule has 3 N–H and O–H groups in total. The molecule has 0 aliphatic heterocycles. The van der Waals surface area contributed by atoms with Gasteiger partial charge in [-0.05, 0) is 61.6 Å². The number of nitrogens with two attached hydrogens (primary N) is 1. The molecule has 1 aromatic heterocycles. The van der Waals surface area contributed by atoms with E-state index in [4.69, 9.17) is 5.84 Å². The van der Waals surface area contributed by atoms with Gasteiger partial charge < -0.3 is 0 Å². The van der Waals surface area contributed by atoms with Crippen molar-refractivity contribution in [1.82, 2.24) is 10.4 Å². The van der Waals surface area contributed by atoms with Crippen LogP contribution in [0.5, 0.6) is 0 Å². The smallest absolute Gasteiger partial charge is 0.0501 e. The highest BCUT2D eigenvalue weighted by molar-refractivity contribution is 5.31. The Labute approximate surface area is 114 Å². The lowest BCUT2D eigenvalue weighted by Crippen LogP contribution is -2.29. The van der Waals surface area contributed by atoms with Gasteiger partial charge in [-0.25, -0.2) is 0 Å². The van der Waals surface area contributed by atoms with E-state index in [0.29, 0.717) is 0 Å². The van der Waals surface area contributed by atoms with E-state index in [9.17, 15) is 0 Å². The number of aromatic nitrogens is 1. The molecule has 3 nitrogen and oxygen atoms in total. The van der Waals surface area contributed by atoms with Crippen molar-refractivity contribution < 1.29 is 0 Å². The Bertz CT molecular complexity index is 564. The molecule has 0 aliphatic carbocycles. The highest BCUT2D eigenvalue weighted by Crippen LogP contribution is 2.19. The maximum atomic E-state index is 5.70. The van der Waals surface area contributed by atoms with E-state index in [0.717, 1.165) is 12.1 Å². The Kier molecular flexibility index (Phi) is 4.30. The molecule has 1 aromatic carbocycles. The molecule has 100 valence electrons. The van der Waals surface area contributed by atoms with Gasteiger partial charge in [-0.3, -0.25) is 16.3 Å². The monoisotopic (exact) mass is 255 g/mol. The predicted octanol–water partition coefficient (Wildman–Crippen LogP) is 2.75. The summed E-state index contributed by atoms with van der Waals surface area (Å²) in [6.45, 7) is 6.26. The standard InChI is InChI=1S/C16H21N3/c1-11-4-5-14(8-12(11)2)10-16(19-17)15-6-7-18-13(3)9-15/h4-9,16,19H,10,17H2,1-3H3. The zero-order valence-electron chi connectivity index (χ0n) is 11.8. The molecule has 3 heteroatoms. The molecule has 0 fully saturated rings. The van der Waals surface area contributed by atoms with Gasteiger partial charge in [0.25, 0.3) is 0 Å². The molecule has 2 rings (SSSR count). The molecular weight excluding hydrogens is 234 g/mol. The SMILES string of the molecule is Cc1cc(C(Cc2ccc(C)c(C)c2)NN)ccn1. The van der Waals surface area contributed by atoms with Crippen molar-refractivity contribution in [3.63, 3.8) is 0 Å². The molecule has 1 atom stereocenters. The van der Waals surface area contributed by atoms with Gasteiger partial charge in [0.05, 0.1) is 6.04 Å². The van der Waals surface area contributed by atoms with Gasteiger partial charge in [-0.2, -0.15) is 0 Å². The summed E-state index contributed by atoms with van der Waals surface area (Å²) in [5, 5.41) is 0. The van der Waals surface area contributed by atoms with E-state index < -0.39 is 0 Å². The van der Waals surface area contributed by atoms with Crippen molar-refractivity contribution in [2.45, 2.75) is 33.2 Å². The Morgan fingerprint density at radius 3 is 2.53 bits per heavy atom. The minimum atomic E-state index is 0.115. The minimum Gasteiger partial charge on any atom is -0.271 e. The second-order valence-electron chi connectivity index (χ2n) is 5.07. The van der Waals surface area contributed by atoms with Gasteiger partial charge in [-0.15, -0.1) is 0 Å². The Balaban J connectivity index is 2.21. The van der Waals surface area contributed by atoms with E-state index >= 15 is 0 Å². The first-order valence-electron chi connectivity index (χ1n) is 6.55. The molecule has 1 unspecified atom stereocenters. The van der Waals surface area contributed by atoms with E-state index in [1.54, 1.807) is 0 Å². The lowest BCUT2D eigenvalue weighted by Gasteiger charge is -2.17. The average molecular weight is 255 g/mol. The maximum Gasteiger partial charge on any atom is 0.0501 e. The summed E-state index contributed by atoms with van der Waals surface area (Å²) in [6, 6.07) is 10.8. The quantitative estimate of drug-likeness (QED) is 0.652. The summed E-state index contributed by atoms with van der Waals surface area (Å²) in [6.07, 6.45) is 2.70. The van der Waals surface area contributed by atoms with Crippen LogP contribution in [0, 0.1) is 20.8 Å². The summed E-state index contributed by atoms with van der Waals surface area (Å²) in [4.78, 5) is 4.22. The number of hydrogen-bond acceptors (Lipinski definition) is 3. The van der Waals surface area contributed by atoms with Crippen LogP contribution >= 0.6 is 0 Å². The second kappa shape index (κ2) is 5.95. The molecule has 0 saturated carbocycles. The zero-order valence-corrected chi connectivity index (χ0v) is 11.8. The zero-order chi connectivity index (χ0) is 13.8. The molecule has 0 aliphatic rings. The van der Waals surface area contributed by atoms with Gasteiger partial charge in [0.15, 0.2) is 0 Å². The van der Waals surface area contributed by atoms with Gasteiger partial charge in [0.1, 0.15) is 0 Å². The van der Waals surface area contributed by atoms with Crippen molar-refractivity contribution in [2.75, 3.05) is 0 Å². The minimum absolute atomic E-state index is 0.115. The van der Waals surface area contributed by atoms with Crippen molar-refractivity contribution >= 4 is 0 Å². The maximum absolute atomic E-state index is 5.70. The molecule has 0 saturated heterocycles. The van der Waals surface area contributed by atoms with E-state index in [1.165, 1.54) is 22.3 Å². The van der Waals surface area contributed by atoms with Crippen LogP contribution in [0.3, 0.4) is 0 Å². The first-order chi connectivity index (χ1) is 9.10. The fraction of sp³-hybridized carbons (Fsp3) is 0.312. The van der Waals surface area contributed by atoms with Crippen LogP contribution in [0.2, 0.25) is 0 Å². The van der Waals surface area contributed by atoms with Crippen molar-refractivity contribution in [2.24, 2.45) is 5.84 Å². The Hall–Kier alpha value is -1.71. The largest absolute Gasteiger partial charge is 0.271 e. The molecule has 0 spiro atoms. The lowest BCUT2D eigenvalue weighted by atomic mass is 9.97. The second-order valence-corrected chi connectivity index (χ2v) is 5.07. The average Bonchev–Trinajstić information content (AvgIpc) is 2.40. The van der Waals surface area contributed by atoms with Crippen LogP contribution in [0.15, 0.2) is 36.5 Å². The summed E-state index contributed by atoms with van der Waals surface area (Å²) in [5.41, 5.74) is 9.02. The number of hydrogen-bond donors (Lipinski definition) is 2. The molecular formula is C16H21N3. The number of rotatable bonds is 4. The number of nitrogens with one attached hydrogen (secondary N) is 1. The third-order valence-electron chi connectivity index (χ3n) is 3.54. The third kappa shape index (κ3) is 3.40. The fourth-order valence-corrected chi connectivity index (χ4v) is 2.22. The molecule has 0 bridgehead atoms. The molecule has 0 radical (unpaired) electrons. The molecule has 19 heavy (non-hydrogen) atoms. The Morgan fingerprint density at radius 2 is 1.89 bits per heavy atom. The van der Waals surface area contributed by atoms with Gasteiger partial charge in [-0.1, -0.05) is 18.2 Å². The van der Waals surface area contributed by atoms with Crippen LogP contribution in [-0.4, -0.2) is 4.98 Å². The van der Waals surface area contributed by atoms with Gasteiger partial charge in [0, 0.05) is 11.9 Å². The van der Waals surface area contributed by atoms with Crippen LogP contribution < -0.4 is 11.3 Å². The summed E-state index contributed by atoms with van der Waals surface area (Å²) in [5.74, 6) is 5.70. The summed E-state index contributed by atoms with van der Waals surface area (Å²) < 4.78 is 0. The van der Waals surface area contributed by atoms with E-state index in [-0.39, 0.29) is 6.04 Å². The Morgan fingerprint density at radius 1 is 1.11 bits per heavy atom. The fourth-order valence-electron chi connectivity index (χ4n) is 2.22. The van der Waals surface area contributed by atoms with Crippen LogP contribution in [0.25, 0.3) is 0 Å². The topological polar surface area (TPSA) is 50.9 Å². The van der Waals surface area contributed by atoms with E-state index in [1.807, 2.05) is 19.2 Å². The van der Waals surface area contributed by atoms with Crippen molar-refractivity contribution in [3.05, 3.63) is 64.5 Å². The number of benzene rings is 1. The van der Waals surface area contributed by atoms with Gasteiger partial charge in [0.2, 0.25) is 0 Å². The summed E-state index contributed by atoms with van der Waals surface area (Å²) in [7, 11) is 0. The lowest BCUT2D eigenvalue weighted by molar-refractivity contribution is 0.551. The highest BCUT2D eigenvalue weighted by Gasteiger charge is 2.11. The first kappa shape index (κ1) is 13.7. The predicted molar refractivity (Wildman–Crippen MR) is 78.7 cm³/mol. The molecule has 0 amide bonds. The van der Waals surface area contributed by atoms with Crippen molar-refractivity contribution in [3.8, 4) is 0 Å². The number of nitrogens with zero attached hydrogens (tertiary/aromatic N) is 1. The number of aryl methyl sites for hydroxylation is 3. The highest BCUT2D eigenvalue weighted by atomic mass is 15.2. The first-order valence-corrected chi connectivity index (χ1v) is 6.55. The number of pyridine rings is 1. The van der Waals surface area contributed by atoms with Crippen LogP contribution in [0.1, 0.15) is 34.0 Å². The molecule has 2 aromatic rings. The van der Waals surface area contributed by atoms with E-state index in [2.05, 4.69) is 48.5 Å². The third-order valence-corrected chi connectivity index (χ3v) is 3.54. The number of hydrazine groups is 1. The molecule has 1 heterocycles. The van der Waals surface area contributed by atoms with Crippen LogP contribution in [0.4, 0.5) is 0 Å². The van der Waals surface area contributed by atoms with Crippen LogP contribution in [-0.2, 0) is 6.42 Å². The summed E-state index contributed by atoms with van der Waals surface area (Å²) >= 11 is 0. The normalized spacial score (nSPS) is 12.4. The van der Waals surface area contributed by atoms with Gasteiger partial charge >= 0.3 is 0 Å². The van der Waals surface area contributed by atoms with Crippen molar-refractivity contribution in [1.29, 1.82) is 0 Å².